The number of halogens is 1. The van der Waals surface area contributed by atoms with Gasteiger partial charge in [-0.05, 0) is 275 Å². The molecule has 0 heterocycles. The number of Topliss-reactive ketones (excluding diaryl/α,β-unsaturated/α-hetero) is 1. The van der Waals surface area contributed by atoms with Crippen molar-refractivity contribution in [3.05, 3.63) is 335 Å². The van der Waals surface area contributed by atoms with Crippen LogP contribution >= 0.6 is 15.9 Å². The Labute approximate surface area is 577 Å². The van der Waals surface area contributed by atoms with Crippen LogP contribution in [0.4, 0.5) is 0 Å². The van der Waals surface area contributed by atoms with Crippen LogP contribution in [-0.4, -0.2) is 20.7 Å². The van der Waals surface area contributed by atoms with Crippen LogP contribution in [0.5, 0.6) is 0 Å². The zero-order valence-electron chi connectivity index (χ0n) is 57.7. The Balaban J connectivity index is 0.000000117. The van der Waals surface area contributed by atoms with Gasteiger partial charge in [0.25, 0.3) is 8.32 Å². The molecule has 0 amide bonds. The van der Waals surface area contributed by atoms with Crippen molar-refractivity contribution in [3.63, 3.8) is 0 Å². The summed E-state index contributed by atoms with van der Waals surface area (Å²) in [5.74, 6) is 1.07. The maximum absolute atomic E-state index is 11.5. The number of allylic oxidation sites excluding steroid dienone is 11. The third-order valence-corrected chi connectivity index (χ3v) is 26.7. The molecule has 0 N–H and O–H groups in total. The minimum Gasteiger partial charge on any atom is -0.403 e. The van der Waals surface area contributed by atoms with Crippen molar-refractivity contribution in [1.82, 2.24) is 0 Å². The summed E-state index contributed by atoms with van der Waals surface area (Å²) in [6.07, 6.45) is 16.1. The second kappa shape index (κ2) is 29.4. The number of ketones is 1. The predicted octanol–water partition coefficient (Wildman–Crippen LogP) is 23.2. The summed E-state index contributed by atoms with van der Waals surface area (Å²) in [6, 6.07) is 80.0. The Morgan fingerprint density at radius 3 is 1.48 bits per heavy atom. The molecule has 0 spiro atoms. The van der Waals surface area contributed by atoms with Crippen LogP contribution in [0, 0.1) is 12.8 Å². The van der Waals surface area contributed by atoms with Crippen molar-refractivity contribution in [2.24, 2.45) is 5.92 Å². The van der Waals surface area contributed by atoms with Crippen LogP contribution in [0.25, 0.3) is 39.0 Å². The summed E-state index contributed by atoms with van der Waals surface area (Å²) in [5.41, 5.74) is 35.4. The van der Waals surface area contributed by atoms with Crippen molar-refractivity contribution in [1.29, 1.82) is 0 Å². The van der Waals surface area contributed by atoms with E-state index in [1.54, 1.807) is 34.8 Å². The highest BCUT2D eigenvalue weighted by molar-refractivity contribution is 9.10. The highest BCUT2D eigenvalue weighted by atomic mass is 79.9. The number of benzene rings is 9. The van der Waals surface area contributed by atoms with Crippen molar-refractivity contribution in [3.8, 4) is 0 Å². The zero-order valence-corrected chi connectivity index (χ0v) is 60.3. The lowest BCUT2D eigenvalue weighted by Crippen LogP contribution is -2.66. The van der Waals surface area contributed by atoms with E-state index in [4.69, 9.17) is 4.43 Å². The third kappa shape index (κ3) is 14.5. The molecule has 4 heteroatoms. The molecule has 0 unspecified atom stereocenters. The van der Waals surface area contributed by atoms with E-state index in [1.165, 1.54) is 166 Å². The average Bonchev–Trinajstić information content (AvgIpc) is 1.72. The third-order valence-electron chi connectivity index (χ3n) is 21.1. The van der Waals surface area contributed by atoms with E-state index >= 15 is 0 Å². The van der Waals surface area contributed by atoms with Crippen molar-refractivity contribution < 1.29 is 9.22 Å². The first-order chi connectivity index (χ1) is 46.0. The van der Waals surface area contributed by atoms with Gasteiger partial charge in [-0.15, -0.1) is 0 Å². The molecular weight excluding hydrogens is 1230 g/mol. The van der Waals surface area contributed by atoms with Gasteiger partial charge >= 0.3 is 0 Å². The van der Waals surface area contributed by atoms with Gasteiger partial charge in [0.05, 0.1) is 6.61 Å². The number of hydrogen-bond acceptors (Lipinski definition) is 2. The minimum absolute atomic E-state index is 0.00955. The summed E-state index contributed by atoms with van der Waals surface area (Å²) < 4.78 is 8.32. The fourth-order valence-corrected chi connectivity index (χ4v) is 20.6. The van der Waals surface area contributed by atoms with E-state index in [1.807, 2.05) is 18.2 Å². The van der Waals surface area contributed by atoms with Gasteiger partial charge in [-0.25, -0.2) is 0 Å². The molecule has 9 aromatic carbocycles. The second-order valence-electron chi connectivity index (χ2n) is 28.2. The Kier molecular flexibility index (Phi) is 20.7. The molecular formula is C91H93BrO2Si. The molecule has 1 saturated carbocycles. The average molecular weight is 1330 g/mol. The van der Waals surface area contributed by atoms with Gasteiger partial charge < -0.3 is 4.43 Å². The normalized spacial score (nSPS) is 15.8. The molecule has 2 nitrogen and oxygen atoms in total. The first-order valence-corrected chi connectivity index (χ1v) is 37.4. The molecule has 9 aromatic rings. The lowest BCUT2D eigenvalue weighted by molar-refractivity contribution is 0.101. The standard InChI is InChI=1S/C27H30OSi.C18H16O.C17H15Br.C16H18.C13H14/c1-21-23(19-22-13-11-12-18-26(21)22)20-28-29(27(2,3)4,24-14-7-5-8-15-24)25-16-9-6-10-17-25;1-12-17(14-6-4-3-5-7-14)11-16-9-8-15(13(2)19)10-18(12)16;1-11-7-8-13-10-16(12(2)15(13)9-11)14-5-3-4-6-17(14)18;1-12-15-10-6-5-9-14(15)11-16(12)13-7-3-2-4-8-13;1-9-12-5-3-2-4-11(12)8-13(9)10-6-7-10/h5-18H,19-20H2,1-4H3;3-10H,11H2,1-2H3;3-9H,10H2,1-2H3;5-7,9-10H,2-4,8,11H2,1H3;2-5,10H,6-8H2,1H3. The fourth-order valence-electron chi connectivity index (χ4n) is 15.6. The monoisotopic (exact) mass is 1320 g/mol. The van der Waals surface area contributed by atoms with Gasteiger partial charge in [-0.3, -0.25) is 4.79 Å². The maximum atomic E-state index is 11.5. The van der Waals surface area contributed by atoms with Crippen LogP contribution < -0.4 is 10.4 Å². The van der Waals surface area contributed by atoms with E-state index in [-0.39, 0.29) is 10.8 Å². The Bertz CT molecular complexity index is 4480. The van der Waals surface area contributed by atoms with Gasteiger partial charge in [0.15, 0.2) is 5.78 Å². The molecule has 480 valence electrons. The van der Waals surface area contributed by atoms with E-state index in [0.29, 0.717) is 6.61 Å². The molecule has 16 rings (SSSR count). The number of aryl methyl sites for hydroxylation is 1. The van der Waals surface area contributed by atoms with E-state index in [9.17, 15) is 4.79 Å². The zero-order chi connectivity index (χ0) is 66.4. The summed E-state index contributed by atoms with van der Waals surface area (Å²) in [7, 11) is -2.48. The molecule has 0 bridgehead atoms. The number of rotatable bonds is 10. The largest absolute Gasteiger partial charge is 0.403 e. The van der Waals surface area contributed by atoms with Gasteiger partial charge in [-0.1, -0.05) is 266 Å². The van der Waals surface area contributed by atoms with Crippen LogP contribution in [0.3, 0.4) is 0 Å². The smallest absolute Gasteiger partial charge is 0.261 e. The Morgan fingerprint density at radius 2 is 0.937 bits per heavy atom. The topological polar surface area (TPSA) is 26.3 Å². The fraction of sp³-hybridized carbons (Fsp3) is 0.264. The molecule has 95 heavy (non-hydrogen) atoms. The quantitative estimate of drug-likeness (QED) is 0.101. The first kappa shape index (κ1) is 66.8. The maximum Gasteiger partial charge on any atom is 0.261 e. The van der Waals surface area contributed by atoms with Gasteiger partial charge in [0, 0.05) is 10.0 Å². The lowest BCUT2D eigenvalue weighted by atomic mass is 9.91. The Morgan fingerprint density at radius 1 is 0.463 bits per heavy atom. The SMILES string of the molecule is CC(=O)c1ccc2c(c1)C(C)=C(c1ccccc1)C2.CC1=C(C2=CCCCC2)Cc2ccccc21.CC1=C(C2CC2)Cc2ccccc21.CC1=C(CO[Si](c2ccccc2)(c2ccccc2)C(C)(C)C)Cc2ccccc21.CC1=C(c2ccccc2Br)Cc2ccc(C)cc21. The summed E-state index contributed by atoms with van der Waals surface area (Å²) in [6.45, 7) is 22.7. The minimum atomic E-state index is -2.48. The molecule has 0 saturated heterocycles. The number of hydrogen-bond donors (Lipinski definition) is 0. The van der Waals surface area contributed by atoms with E-state index in [0.717, 1.165) is 37.2 Å². The predicted molar refractivity (Wildman–Crippen MR) is 412 cm³/mol. The summed E-state index contributed by atoms with van der Waals surface area (Å²) >= 11 is 3.66. The van der Waals surface area contributed by atoms with Crippen LogP contribution in [0.2, 0.25) is 5.04 Å². The van der Waals surface area contributed by atoms with E-state index in [2.05, 4.69) is 291 Å². The second-order valence-corrected chi connectivity index (χ2v) is 33.3. The number of fused-ring (bicyclic) bond motifs is 5. The number of carbonyl (C=O) groups is 1. The molecule has 7 aliphatic carbocycles. The molecule has 1 fully saturated rings. The molecule has 0 aromatic heterocycles. The van der Waals surface area contributed by atoms with Crippen LogP contribution in [0.1, 0.15) is 184 Å². The highest BCUT2D eigenvalue weighted by Crippen LogP contribution is 2.47. The van der Waals surface area contributed by atoms with E-state index < -0.39 is 8.32 Å². The molecule has 0 radical (unpaired) electrons. The van der Waals surface area contributed by atoms with Crippen LogP contribution in [-0.2, 0) is 36.5 Å². The van der Waals surface area contributed by atoms with Crippen molar-refractivity contribution in [2.75, 3.05) is 6.61 Å². The van der Waals surface area contributed by atoms with Gasteiger partial charge in [0.2, 0.25) is 0 Å². The summed E-state index contributed by atoms with van der Waals surface area (Å²) in [5, 5.41) is 2.69. The molecule has 0 aliphatic heterocycles. The van der Waals surface area contributed by atoms with Gasteiger partial charge in [0.1, 0.15) is 0 Å². The van der Waals surface area contributed by atoms with Crippen molar-refractivity contribution in [2.45, 2.75) is 145 Å². The first-order valence-electron chi connectivity index (χ1n) is 34.7. The molecule has 7 aliphatic rings. The highest BCUT2D eigenvalue weighted by Gasteiger charge is 2.50. The lowest BCUT2D eigenvalue weighted by Gasteiger charge is -2.43. The van der Waals surface area contributed by atoms with Crippen LogP contribution in [0.15, 0.2) is 257 Å². The Hall–Kier alpha value is -8.25. The summed E-state index contributed by atoms with van der Waals surface area (Å²) in [4.78, 5) is 11.5. The molecule has 0 atom stereocenters. The number of carbonyl (C=O) groups excluding carboxylic acids is 1. The van der Waals surface area contributed by atoms with Gasteiger partial charge in [-0.2, -0.15) is 0 Å². The van der Waals surface area contributed by atoms with Crippen molar-refractivity contribution >= 4 is 79.4 Å².